The molecule has 1 atom stereocenters. The molecule has 0 spiro atoms. The lowest BCUT2D eigenvalue weighted by Crippen LogP contribution is -2.47. The molecule has 1 saturated carbocycles. The molecule has 2 nitrogen and oxygen atoms in total. The molecule has 0 radical (unpaired) electrons. The lowest BCUT2D eigenvalue weighted by atomic mass is 9.76. The van der Waals surface area contributed by atoms with Crippen molar-refractivity contribution < 1.29 is 0 Å². The summed E-state index contributed by atoms with van der Waals surface area (Å²) in [6.07, 6.45) is 4.19. The molecule has 0 aromatic heterocycles. The van der Waals surface area contributed by atoms with E-state index < -0.39 is 0 Å². The average molecular weight is 388 g/mol. The summed E-state index contributed by atoms with van der Waals surface area (Å²) < 4.78 is 2.31. The first kappa shape index (κ1) is 14.1. The van der Waals surface area contributed by atoms with E-state index in [0.29, 0.717) is 6.04 Å². The number of halogens is 2. The van der Waals surface area contributed by atoms with E-state index >= 15 is 0 Å². The fourth-order valence-electron chi connectivity index (χ4n) is 3.19. The van der Waals surface area contributed by atoms with Gasteiger partial charge in [-0.05, 0) is 68.3 Å². The van der Waals surface area contributed by atoms with Gasteiger partial charge in [-0.25, -0.2) is 0 Å². The van der Waals surface area contributed by atoms with Gasteiger partial charge in [0, 0.05) is 41.2 Å². The maximum atomic E-state index is 3.65. The smallest absolute Gasteiger partial charge is 0.0377 e. The molecule has 0 amide bonds. The Labute approximate surface area is 132 Å². The van der Waals surface area contributed by atoms with E-state index in [1.165, 1.54) is 42.4 Å². The minimum absolute atomic E-state index is 0.611. The van der Waals surface area contributed by atoms with Gasteiger partial charge in [0.25, 0.3) is 0 Å². The van der Waals surface area contributed by atoms with Crippen LogP contribution in [0.4, 0.5) is 0 Å². The van der Waals surface area contributed by atoms with Crippen LogP contribution in [0.1, 0.15) is 30.9 Å². The predicted octanol–water partition coefficient (Wildman–Crippen LogP) is 3.96. The Balaban J connectivity index is 1.86. The van der Waals surface area contributed by atoms with Crippen LogP contribution in [0.15, 0.2) is 27.1 Å². The number of hydrogen-bond acceptors (Lipinski definition) is 2. The number of hydrogen-bond donors (Lipinski definition) is 1. The highest BCUT2D eigenvalue weighted by atomic mass is 79.9. The molecule has 0 unspecified atom stereocenters. The Bertz CT molecular complexity index is 440. The lowest BCUT2D eigenvalue weighted by Gasteiger charge is -2.43. The zero-order valence-corrected chi connectivity index (χ0v) is 14.2. The quantitative estimate of drug-likeness (QED) is 0.844. The molecule has 0 bridgehead atoms. The van der Waals surface area contributed by atoms with Gasteiger partial charge in [-0.1, -0.05) is 12.5 Å². The molecular weight excluding hydrogens is 368 g/mol. The SMILES string of the molecule is Brc1ccc([C@@H](C2CCC2)N2CCNCC2)cc1Br. The zero-order valence-electron chi connectivity index (χ0n) is 11.0. The van der Waals surface area contributed by atoms with Gasteiger partial charge in [-0.2, -0.15) is 0 Å². The zero-order chi connectivity index (χ0) is 13.2. The summed E-state index contributed by atoms with van der Waals surface area (Å²) >= 11 is 7.22. The minimum atomic E-state index is 0.611. The Hall–Kier alpha value is 0.1000. The van der Waals surface area contributed by atoms with Crippen LogP contribution >= 0.6 is 31.9 Å². The van der Waals surface area contributed by atoms with Gasteiger partial charge in [-0.15, -0.1) is 0 Å². The molecular formula is C15H20Br2N2. The first-order valence-electron chi connectivity index (χ1n) is 7.15. The summed E-state index contributed by atoms with van der Waals surface area (Å²) in [5, 5.41) is 3.46. The van der Waals surface area contributed by atoms with E-state index in [-0.39, 0.29) is 0 Å². The highest BCUT2D eigenvalue weighted by Gasteiger charge is 2.33. The van der Waals surface area contributed by atoms with Crippen molar-refractivity contribution in [1.29, 1.82) is 0 Å². The first-order chi connectivity index (χ1) is 9.25. The Morgan fingerprint density at radius 2 is 1.84 bits per heavy atom. The fraction of sp³-hybridized carbons (Fsp3) is 0.600. The monoisotopic (exact) mass is 386 g/mol. The van der Waals surface area contributed by atoms with Gasteiger partial charge >= 0.3 is 0 Å². The Morgan fingerprint density at radius 3 is 2.42 bits per heavy atom. The van der Waals surface area contributed by atoms with Crippen molar-refractivity contribution in [2.45, 2.75) is 25.3 Å². The highest BCUT2D eigenvalue weighted by Crippen LogP contribution is 2.42. The molecule has 104 valence electrons. The summed E-state index contributed by atoms with van der Waals surface area (Å²) in [6, 6.07) is 7.38. The van der Waals surface area contributed by atoms with Gasteiger partial charge in [-0.3, -0.25) is 4.90 Å². The van der Waals surface area contributed by atoms with Crippen LogP contribution in [0.3, 0.4) is 0 Å². The van der Waals surface area contributed by atoms with Crippen LogP contribution < -0.4 is 5.32 Å². The summed E-state index contributed by atoms with van der Waals surface area (Å²) in [5.41, 5.74) is 1.47. The standard InChI is InChI=1S/C15H20Br2N2/c16-13-5-4-12(10-14(13)17)15(11-2-1-3-11)19-8-6-18-7-9-19/h4-5,10-11,15,18H,1-3,6-9H2/t15-/m1/s1. The van der Waals surface area contributed by atoms with E-state index in [1.807, 2.05) is 0 Å². The molecule has 1 aliphatic heterocycles. The molecule has 1 heterocycles. The topological polar surface area (TPSA) is 15.3 Å². The van der Waals surface area contributed by atoms with Crippen molar-refractivity contribution in [2.24, 2.45) is 5.92 Å². The number of nitrogens with one attached hydrogen (secondary N) is 1. The van der Waals surface area contributed by atoms with Crippen molar-refractivity contribution in [1.82, 2.24) is 10.2 Å². The maximum Gasteiger partial charge on any atom is 0.0377 e. The lowest BCUT2D eigenvalue weighted by molar-refractivity contribution is 0.0837. The highest BCUT2D eigenvalue weighted by molar-refractivity contribution is 9.13. The van der Waals surface area contributed by atoms with Crippen LogP contribution in [0, 0.1) is 5.92 Å². The average Bonchev–Trinajstić information content (AvgIpc) is 2.38. The second-order valence-electron chi connectivity index (χ2n) is 5.60. The number of benzene rings is 1. The molecule has 4 heteroatoms. The van der Waals surface area contributed by atoms with E-state index in [4.69, 9.17) is 0 Å². The van der Waals surface area contributed by atoms with Crippen LogP contribution in [0.5, 0.6) is 0 Å². The molecule has 1 saturated heterocycles. The Morgan fingerprint density at radius 1 is 1.11 bits per heavy atom. The van der Waals surface area contributed by atoms with Crippen LogP contribution in [-0.2, 0) is 0 Å². The van der Waals surface area contributed by atoms with Crippen molar-refractivity contribution >= 4 is 31.9 Å². The van der Waals surface area contributed by atoms with Gasteiger partial charge in [0.15, 0.2) is 0 Å². The minimum Gasteiger partial charge on any atom is -0.314 e. The summed E-state index contributed by atoms with van der Waals surface area (Å²) in [4.78, 5) is 2.68. The Kier molecular flexibility index (Phi) is 4.62. The fourth-order valence-corrected chi connectivity index (χ4v) is 3.84. The van der Waals surface area contributed by atoms with Gasteiger partial charge in [0.05, 0.1) is 0 Å². The van der Waals surface area contributed by atoms with Crippen molar-refractivity contribution in [3.05, 3.63) is 32.7 Å². The van der Waals surface area contributed by atoms with E-state index in [1.54, 1.807) is 0 Å². The van der Waals surface area contributed by atoms with Crippen LogP contribution in [0.25, 0.3) is 0 Å². The van der Waals surface area contributed by atoms with E-state index in [0.717, 1.165) is 23.5 Å². The normalized spacial score (nSPS) is 23.1. The number of rotatable bonds is 3. The molecule has 1 aromatic carbocycles. The summed E-state index contributed by atoms with van der Waals surface area (Å²) in [5.74, 6) is 0.853. The molecule has 3 rings (SSSR count). The third kappa shape index (κ3) is 3.07. The van der Waals surface area contributed by atoms with Crippen molar-refractivity contribution in [3.63, 3.8) is 0 Å². The molecule has 1 aliphatic carbocycles. The third-order valence-electron chi connectivity index (χ3n) is 4.43. The summed E-state index contributed by atoms with van der Waals surface area (Å²) in [6.45, 7) is 4.60. The second kappa shape index (κ2) is 6.25. The van der Waals surface area contributed by atoms with Crippen LogP contribution in [0.2, 0.25) is 0 Å². The van der Waals surface area contributed by atoms with Crippen molar-refractivity contribution in [3.8, 4) is 0 Å². The van der Waals surface area contributed by atoms with Crippen molar-refractivity contribution in [2.75, 3.05) is 26.2 Å². The van der Waals surface area contributed by atoms with Crippen LogP contribution in [-0.4, -0.2) is 31.1 Å². The maximum absolute atomic E-state index is 3.65. The first-order valence-corrected chi connectivity index (χ1v) is 8.74. The third-order valence-corrected chi connectivity index (χ3v) is 6.31. The predicted molar refractivity (Wildman–Crippen MR) is 86.4 cm³/mol. The van der Waals surface area contributed by atoms with Gasteiger partial charge in [0.2, 0.25) is 0 Å². The molecule has 2 fully saturated rings. The molecule has 1 N–H and O–H groups in total. The number of nitrogens with zero attached hydrogens (tertiary/aromatic N) is 1. The summed E-state index contributed by atoms with van der Waals surface area (Å²) in [7, 11) is 0. The largest absolute Gasteiger partial charge is 0.314 e. The molecule has 1 aromatic rings. The second-order valence-corrected chi connectivity index (χ2v) is 7.30. The molecule has 19 heavy (non-hydrogen) atoms. The number of piperazine rings is 1. The van der Waals surface area contributed by atoms with E-state index in [9.17, 15) is 0 Å². The molecule has 2 aliphatic rings. The van der Waals surface area contributed by atoms with Gasteiger partial charge < -0.3 is 5.32 Å². The van der Waals surface area contributed by atoms with Gasteiger partial charge in [0.1, 0.15) is 0 Å². The van der Waals surface area contributed by atoms with E-state index in [2.05, 4.69) is 60.3 Å².